The van der Waals surface area contributed by atoms with Gasteiger partial charge < -0.3 is 20.3 Å². The zero-order valence-electron chi connectivity index (χ0n) is 9.00. The van der Waals surface area contributed by atoms with Crippen LogP contribution in [0.4, 0.5) is 0 Å². The molecule has 0 aromatic heterocycles. The minimum atomic E-state index is 0.209. The molecule has 2 aliphatic rings. The van der Waals surface area contributed by atoms with Crippen molar-refractivity contribution in [3.63, 3.8) is 0 Å². The third-order valence-corrected chi connectivity index (χ3v) is 2.89. The highest BCUT2D eigenvalue weighted by molar-refractivity contribution is 5.77. The summed E-state index contributed by atoms with van der Waals surface area (Å²) in [6.45, 7) is 5.80. The second kappa shape index (κ2) is 5.44. The van der Waals surface area contributed by atoms with Crippen LogP contribution >= 0.6 is 0 Å². The van der Waals surface area contributed by atoms with E-state index in [1.165, 1.54) is 0 Å². The third kappa shape index (κ3) is 3.15. The van der Waals surface area contributed by atoms with Gasteiger partial charge in [0.1, 0.15) is 0 Å². The zero-order chi connectivity index (χ0) is 10.5. The average Bonchev–Trinajstić information content (AvgIpc) is 2.31. The van der Waals surface area contributed by atoms with Crippen LogP contribution in [0.3, 0.4) is 0 Å². The lowest BCUT2D eigenvalue weighted by Crippen LogP contribution is -2.50. The van der Waals surface area contributed by atoms with Crippen molar-refractivity contribution >= 4 is 5.91 Å². The van der Waals surface area contributed by atoms with Crippen LogP contribution in [0.1, 0.15) is 6.42 Å². The topological polar surface area (TPSA) is 53.6 Å². The molecule has 1 unspecified atom stereocenters. The predicted molar refractivity (Wildman–Crippen MR) is 56.7 cm³/mol. The van der Waals surface area contributed by atoms with Gasteiger partial charge in [0.25, 0.3) is 0 Å². The maximum Gasteiger partial charge on any atom is 0.224 e. The molecule has 2 heterocycles. The van der Waals surface area contributed by atoms with Crippen molar-refractivity contribution in [3.05, 3.63) is 0 Å². The first kappa shape index (κ1) is 10.9. The molecule has 0 aliphatic carbocycles. The number of hydrogen-bond acceptors (Lipinski definition) is 4. The summed E-state index contributed by atoms with van der Waals surface area (Å²) in [5.74, 6) is 0.250. The normalized spacial score (nSPS) is 27.7. The summed E-state index contributed by atoms with van der Waals surface area (Å²) in [5, 5.41) is 6.54. The van der Waals surface area contributed by atoms with Crippen molar-refractivity contribution < 1.29 is 9.53 Å². The molecule has 2 saturated heterocycles. The molecule has 2 N–H and O–H groups in total. The van der Waals surface area contributed by atoms with E-state index >= 15 is 0 Å². The Balaban J connectivity index is 1.74. The average molecular weight is 213 g/mol. The van der Waals surface area contributed by atoms with E-state index in [1.807, 2.05) is 4.90 Å². The van der Waals surface area contributed by atoms with Crippen LogP contribution in [0.5, 0.6) is 0 Å². The van der Waals surface area contributed by atoms with Gasteiger partial charge >= 0.3 is 0 Å². The van der Waals surface area contributed by atoms with E-state index in [1.54, 1.807) is 0 Å². The second-order valence-corrected chi connectivity index (χ2v) is 4.06. The Kier molecular flexibility index (Phi) is 3.94. The van der Waals surface area contributed by atoms with Crippen molar-refractivity contribution in [2.24, 2.45) is 0 Å². The smallest absolute Gasteiger partial charge is 0.224 e. The highest BCUT2D eigenvalue weighted by Crippen LogP contribution is 2.03. The van der Waals surface area contributed by atoms with Crippen molar-refractivity contribution in [3.8, 4) is 0 Å². The van der Waals surface area contributed by atoms with Crippen LogP contribution in [0.25, 0.3) is 0 Å². The molecule has 0 saturated carbocycles. The monoisotopic (exact) mass is 213 g/mol. The van der Waals surface area contributed by atoms with Crippen LogP contribution in [0.2, 0.25) is 0 Å². The quantitative estimate of drug-likeness (QED) is 0.605. The van der Waals surface area contributed by atoms with Gasteiger partial charge in [-0.25, -0.2) is 0 Å². The van der Waals surface area contributed by atoms with Gasteiger partial charge in [-0.15, -0.1) is 0 Å². The number of morpholine rings is 1. The van der Waals surface area contributed by atoms with Crippen molar-refractivity contribution in [1.29, 1.82) is 0 Å². The Hall–Kier alpha value is -0.650. The molecule has 5 heteroatoms. The molecule has 0 aromatic carbocycles. The highest BCUT2D eigenvalue weighted by Gasteiger charge is 2.21. The van der Waals surface area contributed by atoms with Crippen LogP contribution in [0, 0.1) is 0 Å². The van der Waals surface area contributed by atoms with Crippen molar-refractivity contribution in [2.45, 2.75) is 12.5 Å². The van der Waals surface area contributed by atoms with Crippen molar-refractivity contribution in [2.75, 3.05) is 45.9 Å². The van der Waals surface area contributed by atoms with Gasteiger partial charge in [0, 0.05) is 45.2 Å². The van der Waals surface area contributed by atoms with E-state index in [4.69, 9.17) is 4.74 Å². The molecule has 0 radical (unpaired) electrons. The fourth-order valence-corrected chi connectivity index (χ4v) is 2.00. The first-order valence-electron chi connectivity index (χ1n) is 5.66. The van der Waals surface area contributed by atoms with Gasteiger partial charge in [0.2, 0.25) is 5.91 Å². The molecule has 1 amide bonds. The molecule has 86 valence electrons. The summed E-state index contributed by atoms with van der Waals surface area (Å²) in [6.07, 6.45) is 0.569. The molecule has 5 nitrogen and oxygen atoms in total. The lowest BCUT2D eigenvalue weighted by atomic mass is 10.1. The van der Waals surface area contributed by atoms with E-state index < -0.39 is 0 Å². The number of carbonyl (C=O) groups is 1. The number of amides is 1. The van der Waals surface area contributed by atoms with Crippen LogP contribution in [-0.4, -0.2) is 62.8 Å². The Labute approximate surface area is 90.1 Å². The van der Waals surface area contributed by atoms with E-state index in [9.17, 15) is 4.79 Å². The maximum absolute atomic E-state index is 11.9. The van der Waals surface area contributed by atoms with E-state index in [0.29, 0.717) is 13.0 Å². The zero-order valence-corrected chi connectivity index (χ0v) is 9.00. The third-order valence-electron chi connectivity index (χ3n) is 2.89. The number of carbonyl (C=O) groups excluding carboxylic acids is 1. The SMILES string of the molecule is O=C(CC1COCCN1)N1CCNCC1. The molecular weight excluding hydrogens is 194 g/mol. The molecule has 0 spiro atoms. The summed E-state index contributed by atoms with van der Waals surface area (Å²) in [7, 11) is 0. The van der Waals surface area contributed by atoms with Gasteiger partial charge in [-0.1, -0.05) is 0 Å². The Bertz CT molecular complexity index is 211. The number of nitrogens with one attached hydrogen (secondary N) is 2. The molecule has 0 aromatic rings. The van der Waals surface area contributed by atoms with Gasteiger partial charge in [0.05, 0.1) is 13.2 Å². The van der Waals surface area contributed by atoms with Gasteiger partial charge in [-0.05, 0) is 0 Å². The number of piperazine rings is 1. The molecular formula is C10H19N3O2. The standard InChI is InChI=1S/C10H19N3O2/c14-10(13-4-1-11-2-5-13)7-9-8-15-6-3-12-9/h9,11-12H,1-8H2. The molecule has 1 atom stereocenters. The van der Waals surface area contributed by atoms with Crippen LogP contribution < -0.4 is 10.6 Å². The number of rotatable bonds is 2. The highest BCUT2D eigenvalue weighted by atomic mass is 16.5. The minimum Gasteiger partial charge on any atom is -0.378 e. The lowest BCUT2D eigenvalue weighted by Gasteiger charge is -2.30. The minimum absolute atomic E-state index is 0.209. The number of nitrogens with zero attached hydrogens (tertiary/aromatic N) is 1. The van der Waals surface area contributed by atoms with E-state index in [-0.39, 0.29) is 11.9 Å². The Morgan fingerprint density at radius 3 is 2.80 bits per heavy atom. The summed E-state index contributed by atoms with van der Waals surface area (Å²) in [4.78, 5) is 13.8. The van der Waals surface area contributed by atoms with Crippen LogP contribution in [-0.2, 0) is 9.53 Å². The van der Waals surface area contributed by atoms with Gasteiger partial charge in [-0.3, -0.25) is 4.79 Å². The second-order valence-electron chi connectivity index (χ2n) is 4.06. The number of hydrogen-bond donors (Lipinski definition) is 2. The summed E-state index contributed by atoms with van der Waals surface area (Å²) in [5.41, 5.74) is 0. The lowest BCUT2D eigenvalue weighted by molar-refractivity contribution is -0.133. The molecule has 2 rings (SSSR count). The Morgan fingerprint density at radius 1 is 1.33 bits per heavy atom. The van der Waals surface area contributed by atoms with E-state index in [0.717, 1.165) is 39.3 Å². The van der Waals surface area contributed by atoms with E-state index in [2.05, 4.69) is 10.6 Å². The fraction of sp³-hybridized carbons (Fsp3) is 0.900. The summed E-state index contributed by atoms with van der Waals surface area (Å²) < 4.78 is 5.32. The molecule has 0 bridgehead atoms. The molecule has 15 heavy (non-hydrogen) atoms. The molecule has 2 fully saturated rings. The fourth-order valence-electron chi connectivity index (χ4n) is 2.00. The summed E-state index contributed by atoms with van der Waals surface area (Å²) in [6, 6.07) is 0.209. The van der Waals surface area contributed by atoms with Gasteiger partial charge in [0.15, 0.2) is 0 Å². The first-order valence-corrected chi connectivity index (χ1v) is 5.66. The largest absolute Gasteiger partial charge is 0.378 e. The maximum atomic E-state index is 11.9. The summed E-state index contributed by atoms with van der Waals surface area (Å²) >= 11 is 0. The van der Waals surface area contributed by atoms with Gasteiger partial charge in [-0.2, -0.15) is 0 Å². The number of ether oxygens (including phenoxy) is 1. The van der Waals surface area contributed by atoms with Crippen molar-refractivity contribution in [1.82, 2.24) is 15.5 Å². The first-order chi connectivity index (χ1) is 7.36. The van der Waals surface area contributed by atoms with Crippen LogP contribution in [0.15, 0.2) is 0 Å². The molecule has 2 aliphatic heterocycles. The Morgan fingerprint density at radius 2 is 2.13 bits per heavy atom. The predicted octanol–water partition coefficient (Wildman–Crippen LogP) is -1.20.